The molecule has 4 N–H and O–H groups in total. The maximum Gasteiger partial charge on any atom is 0.248 e. The molecule has 2 aromatic rings. The van der Waals surface area contributed by atoms with E-state index in [0.717, 1.165) is 11.1 Å². The van der Waals surface area contributed by atoms with E-state index in [1.54, 1.807) is 30.3 Å². The van der Waals surface area contributed by atoms with Gasteiger partial charge in [0.05, 0.1) is 12.6 Å². The number of hydrogen-bond acceptors (Lipinski definition) is 2. The Hall–Kier alpha value is -1.51. The molecule has 0 aliphatic rings. The van der Waals surface area contributed by atoms with Gasteiger partial charge in [-0.05, 0) is 49.2 Å². The highest BCUT2D eigenvalue weighted by atomic mass is 127. The van der Waals surface area contributed by atoms with Gasteiger partial charge in [-0.1, -0.05) is 41.4 Å². The summed E-state index contributed by atoms with van der Waals surface area (Å²) in [6.07, 6.45) is 0. The molecule has 1 amide bonds. The van der Waals surface area contributed by atoms with Crippen molar-refractivity contribution in [3.05, 3.63) is 69.2 Å². The number of benzene rings is 2. The molecular formula is C19H23Cl2IN4O. The van der Waals surface area contributed by atoms with Crippen molar-refractivity contribution < 1.29 is 4.79 Å². The highest BCUT2D eigenvalue weighted by Gasteiger charge is 2.12. The lowest BCUT2D eigenvalue weighted by molar-refractivity contribution is 0.1000. The third kappa shape index (κ3) is 7.20. The predicted molar refractivity (Wildman–Crippen MR) is 123 cm³/mol. The van der Waals surface area contributed by atoms with Gasteiger partial charge in [0.15, 0.2) is 5.96 Å². The number of halogens is 3. The number of nitrogens with two attached hydrogens (primary N) is 1. The number of nitrogens with zero attached hydrogens (tertiary/aromatic N) is 1. The molecule has 1 unspecified atom stereocenters. The van der Waals surface area contributed by atoms with Gasteiger partial charge in [-0.25, -0.2) is 4.99 Å². The third-order valence-corrected chi connectivity index (χ3v) is 4.32. The van der Waals surface area contributed by atoms with Crippen LogP contribution >= 0.6 is 47.2 Å². The molecule has 0 radical (unpaired) electrons. The van der Waals surface area contributed by atoms with Crippen molar-refractivity contribution in [1.82, 2.24) is 10.6 Å². The van der Waals surface area contributed by atoms with Crippen molar-refractivity contribution in [1.29, 1.82) is 0 Å². The molecule has 1 atom stereocenters. The molecule has 2 rings (SSSR count). The minimum atomic E-state index is -0.452. The van der Waals surface area contributed by atoms with E-state index in [1.807, 2.05) is 26.0 Å². The first-order valence-corrected chi connectivity index (χ1v) is 9.04. The number of rotatable bonds is 6. The summed E-state index contributed by atoms with van der Waals surface area (Å²) < 4.78 is 0. The van der Waals surface area contributed by atoms with Crippen molar-refractivity contribution in [3.8, 4) is 0 Å². The fraction of sp³-hybridized carbons (Fsp3) is 0.263. The fourth-order valence-electron chi connectivity index (χ4n) is 2.45. The molecule has 146 valence electrons. The topological polar surface area (TPSA) is 79.5 Å². The van der Waals surface area contributed by atoms with E-state index >= 15 is 0 Å². The van der Waals surface area contributed by atoms with Crippen LogP contribution in [0.4, 0.5) is 0 Å². The number of guanidine groups is 1. The zero-order valence-corrected chi connectivity index (χ0v) is 19.0. The third-order valence-electron chi connectivity index (χ3n) is 3.76. The van der Waals surface area contributed by atoms with Crippen LogP contribution in [0.15, 0.2) is 47.5 Å². The summed E-state index contributed by atoms with van der Waals surface area (Å²) in [5.74, 6) is 0.197. The van der Waals surface area contributed by atoms with E-state index in [1.165, 1.54) is 0 Å². The van der Waals surface area contributed by atoms with Crippen LogP contribution in [0.1, 0.15) is 41.4 Å². The van der Waals surface area contributed by atoms with Gasteiger partial charge in [-0.3, -0.25) is 4.79 Å². The van der Waals surface area contributed by atoms with Crippen molar-refractivity contribution in [2.24, 2.45) is 10.7 Å². The summed E-state index contributed by atoms with van der Waals surface area (Å²) in [6.45, 7) is 5.12. The lowest BCUT2D eigenvalue weighted by Gasteiger charge is -2.19. The fourth-order valence-corrected chi connectivity index (χ4v) is 3.02. The standard InChI is InChI=1S/C19H22Cl2N4O.HI/c1-3-23-19(24-11-13-5-4-6-14(9-13)18(22)26)25-12(2)16-8-7-15(20)10-17(16)21;/h4-10,12H,3,11H2,1-2H3,(H2,22,26)(H2,23,24,25);1H. The number of primary amides is 1. The number of carbonyl (C=O) groups excluding carboxylic acids is 1. The molecule has 0 heterocycles. The lowest BCUT2D eigenvalue weighted by Crippen LogP contribution is -2.38. The lowest BCUT2D eigenvalue weighted by atomic mass is 10.1. The minimum Gasteiger partial charge on any atom is -0.366 e. The van der Waals surface area contributed by atoms with Crippen LogP contribution in [-0.2, 0) is 6.54 Å². The Balaban J connectivity index is 0.00000364. The Labute approximate surface area is 186 Å². The summed E-state index contributed by atoms with van der Waals surface area (Å²) in [6, 6.07) is 12.5. The van der Waals surface area contributed by atoms with Gasteiger partial charge in [-0.2, -0.15) is 0 Å². The molecule has 0 bridgehead atoms. The van der Waals surface area contributed by atoms with E-state index in [0.29, 0.717) is 34.7 Å². The van der Waals surface area contributed by atoms with Crippen LogP contribution in [0.3, 0.4) is 0 Å². The zero-order valence-electron chi connectivity index (χ0n) is 15.1. The highest BCUT2D eigenvalue weighted by Crippen LogP contribution is 2.26. The smallest absolute Gasteiger partial charge is 0.248 e. The van der Waals surface area contributed by atoms with Crippen LogP contribution in [-0.4, -0.2) is 18.4 Å². The highest BCUT2D eigenvalue weighted by molar-refractivity contribution is 14.0. The molecule has 8 heteroatoms. The molecule has 0 aliphatic carbocycles. The first-order chi connectivity index (χ1) is 12.4. The van der Waals surface area contributed by atoms with Crippen LogP contribution in [0.5, 0.6) is 0 Å². The summed E-state index contributed by atoms with van der Waals surface area (Å²) >= 11 is 12.2. The number of amides is 1. The van der Waals surface area contributed by atoms with E-state index in [4.69, 9.17) is 28.9 Å². The molecule has 2 aromatic carbocycles. The molecular weight excluding hydrogens is 498 g/mol. The number of carbonyl (C=O) groups is 1. The first-order valence-electron chi connectivity index (χ1n) is 8.29. The van der Waals surface area contributed by atoms with E-state index in [2.05, 4.69) is 15.6 Å². The van der Waals surface area contributed by atoms with E-state index in [9.17, 15) is 4.79 Å². The van der Waals surface area contributed by atoms with Gasteiger partial charge in [-0.15, -0.1) is 24.0 Å². The second-order valence-corrected chi connectivity index (χ2v) is 6.64. The maximum absolute atomic E-state index is 11.3. The molecule has 0 spiro atoms. The largest absolute Gasteiger partial charge is 0.366 e. The molecule has 0 aliphatic heterocycles. The van der Waals surface area contributed by atoms with Gasteiger partial charge >= 0.3 is 0 Å². The van der Waals surface area contributed by atoms with Gasteiger partial charge in [0, 0.05) is 22.2 Å². The van der Waals surface area contributed by atoms with Crippen molar-refractivity contribution in [3.63, 3.8) is 0 Å². The van der Waals surface area contributed by atoms with Crippen LogP contribution in [0.2, 0.25) is 10.0 Å². The number of nitrogens with one attached hydrogen (secondary N) is 2. The van der Waals surface area contributed by atoms with Gasteiger partial charge in [0.1, 0.15) is 0 Å². The normalized spacial score (nSPS) is 12.1. The molecule has 27 heavy (non-hydrogen) atoms. The van der Waals surface area contributed by atoms with Gasteiger partial charge in [0.25, 0.3) is 0 Å². The Morgan fingerprint density at radius 3 is 2.59 bits per heavy atom. The summed E-state index contributed by atoms with van der Waals surface area (Å²) in [7, 11) is 0. The van der Waals surface area contributed by atoms with Gasteiger partial charge in [0.2, 0.25) is 5.91 Å². The Morgan fingerprint density at radius 2 is 1.96 bits per heavy atom. The summed E-state index contributed by atoms with van der Waals surface area (Å²) in [5, 5.41) is 7.72. The molecule has 0 saturated heterocycles. The van der Waals surface area contributed by atoms with Crippen molar-refractivity contribution >= 4 is 59.0 Å². The van der Waals surface area contributed by atoms with Crippen LogP contribution < -0.4 is 16.4 Å². The average Bonchev–Trinajstić information content (AvgIpc) is 2.60. The second kappa shape index (κ2) is 11.4. The Kier molecular flexibility index (Phi) is 9.90. The summed E-state index contributed by atoms with van der Waals surface area (Å²) in [4.78, 5) is 15.9. The van der Waals surface area contributed by atoms with Crippen LogP contribution in [0, 0.1) is 0 Å². The monoisotopic (exact) mass is 520 g/mol. The quantitative estimate of drug-likeness (QED) is 0.297. The van der Waals surface area contributed by atoms with E-state index < -0.39 is 5.91 Å². The molecule has 0 fully saturated rings. The molecule has 0 aromatic heterocycles. The minimum absolute atomic E-state index is 0. The summed E-state index contributed by atoms with van der Waals surface area (Å²) in [5.41, 5.74) is 7.62. The maximum atomic E-state index is 11.3. The number of hydrogen-bond donors (Lipinski definition) is 3. The SMILES string of the molecule is CCNC(=NCc1cccc(C(N)=O)c1)NC(C)c1ccc(Cl)cc1Cl.I. The van der Waals surface area contributed by atoms with Crippen molar-refractivity contribution in [2.45, 2.75) is 26.4 Å². The van der Waals surface area contributed by atoms with Crippen molar-refractivity contribution in [2.75, 3.05) is 6.54 Å². The average molecular weight is 521 g/mol. The first kappa shape index (κ1) is 23.5. The number of aliphatic imine (C=N–C) groups is 1. The Morgan fingerprint density at radius 1 is 1.22 bits per heavy atom. The van der Waals surface area contributed by atoms with Gasteiger partial charge < -0.3 is 16.4 Å². The predicted octanol–water partition coefficient (Wildman–Crippen LogP) is 4.53. The molecule has 0 saturated carbocycles. The molecule has 5 nitrogen and oxygen atoms in total. The zero-order chi connectivity index (χ0) is 19.1. The van der Waals surface area contributed by atoms with E-state index in [-0.39, 0.29) is 30.0 Å². The van der Waals surface area contributed by atoms with Crippen LogP contribution in [0.25, 0.3) is 0 Å². The Bertz CT molecular complexity index is 814. The second-order valence-electron chi connectivity index (χ2n) is 5.79.